The minimum absolute atomic E-state index is 0.333. The van der Waals surface area contributed by atoms with E-state index in [9.17, 15) is 0 Å². The van der Waals surface area contributed by atoms with Gasteiger partial charge in [-0.25, -0.2) is 0 Å². The van der Waals surface area contributed by atoms with Gasteiger partial charge in [0.2, 0.25) is 0 Å². The van der Waals surface area contributed by atoms with Gasteiger partial charge in [0.25, 0.3) is 0 Å². The molecule has 0 aromatic rings. The molecule has 0 aliphatic carbocycles. The lowest BCUT2D eigenvalue weighted by molar-refractivity contribution is 0.517. The summed E-state index contributed by atoms with van der Waals surface area (Å²) in [7, 11) is 0. The molecule has 1 heterocycles. The van der Waals surface area contributed by atoms with E-state index in [4.69, 9.17) is 12.8 Å². The molecule has 3 heteroatoms. The Morgan fingerprint density at radius 2 is 1.86 bits per heavy atom. The number of thioether (sulfide) groups is 1. The molecular formula is C18H30N2S. The molecule has 0 saturated carbocycles. The minimum Gasteiger partial charge on any atom is -0.319 e. The van der Waals surface area contributed by atoms with E-state index in [1.807, 2.05) is 51.6 Å². The lowest BCUT2D eigenvalue weighted by Crippen LogP contribution is -2.34. The molecule has 1 rings (SSSR count). The van der Waals surface area contributed by atoms with Crippen LogP contribution in [0.2, 0.25) is 0 Å². The van der Waals surface area contributed by atoms with Gasteiger partial charge in [-0.1, -0.05) is 26.2 Å². The van der Waals surface area contributed by atoms with Crippen molar-refractivity contribution in [2.45, 2.75) is 59.4 Å². The van der Waals surface area contributed by atoms with Crippen molar-refractivity contribution in [2.75, 3.05) is 5.75 Å². The average molecular weight is 307 g/mol. The van der Waals surface area contributed by atoms with Crippen LogP contribution in [0.15, 0.2) is 23.4 Å². The summed E-state index contributed by atoms with van der Waals surface area (Å²) in [6.45, 7) is 14.4. The molecule has 0 aromatic carbocycles. The molecule has 0 spiro atoms. The van der Waals surface area contributed by atoms with Crippen molar-refractivity contribution >= 4 is 11.8 Å². The second-order valence-corrected chi connectivity index (χ2v) is 6.62. The smallest absolute Gasteiger partial charge is 0.0591 e. The van der Waals surface area contributed by atoms with E-state index in [1.165, 1.54) is 5.75 Å². The number of rotatable bonds is 2. The first kappa shape index (κ1) is 22.0. The Morgan fingerprint density at radius 3 is 2.14 bits per heavy atom. The maximum absolute atomic E-state index is 5.12. The molecule has 2 nitrogen and oxygen atoms in total. The summed E-state index contributed by atoms with van der Waals surface area (Å²) in [4.78, 5) is 0.333. The zero-order chi connectivity index (χ0) is 16.9. The van der Waals surface area contributed by atoms with Crippen LogP contribution < -0.4 is 10.6 Å². The summed E-state index contributed by atoms with van der Waals surface area (Å²) in [6.07, 6.45) is 13.8. The third-order valence-corrected chi connectivity index (χ3v) is 3.87. The molecule has 0 aromatic heterocycles. The van der Waals surface area contributed by atoms with Gasteiger partial charge in [0.1, 0.15) is 0 Å². The van der Waals surface area contributed by atoms with Crippen LogP contribution in [-0.2, 0) is 0 Å². The standard InChI is InChI=1S/C10H11N.C6H13NS.C2H6/c1-5-9(3)7-8-10(4)11-6-2;1-5-4-8-6(2,3)7-5;1-2/h1-2,7-8,11H,3-4H3;5,7H,4H2,1-3H3;1-2H3/b9-7-,10-8+;;/t;5-;/m.1./s1. The predicted octanol–water partition coefficient (Wildman–Crippen LogP) is 4.12. The number of nitrogens with one attached hydrogen (secondary N) is 2. The Balaban J connectivity index is 0. The SMILES string of the molecule is C#CN/C(C)=C/C=C(/C)C#C.CC.C[C@@H]1CSC(C)(C)N1. The summed E-state index contributed by atoms with van der Waals surface area (Å²) >= 11 is 2.00. The van der Waals surface area contributed by atoms with E-state index in [0.29, 0.717) is 10.9 Å². The second-order valence-electron chi connectivity index (χ2n) is 4.98. The topological polar surface area (TPSA) is 24.1 Å². The van der Waals surface area contributed by atoms with E-state index >= 15 is 0 Å². The predicted molar refractivity (Wildman–Crippen MR) is 98.8 cm³/mol. The van der Waals surface area contributed by atoms with Crippen molar-refractivity contribution in [3.05, 3.63) is 23.4 Å². The average Bonchev–Trinajstić information content (AvgIpc) is 2.77. The van der Waals surface area contributed by atoms with E-state index < -0.39 is 0 Å². The summed E-state index contributed by atoms with van der Waals surface area (Å²) in [5, 5.41) is 6.16. The Kier molecular flexibility index (Phi) is 13.0. The fourth-order valence-electron chi connectivity index (χ4n) is 1.46. The minimum atomic E-state index is 0.333. The van der Waals surface area contributed by atoms with E-state index in [0.717, 1.165) is 11.3 Å². The molecule has 1 fully saturated rings. The molecule has 2 N–H and O–H groups in total. The zero-order valence-corrected chi connectivity index (χ0v) is 15.3. The van der Waals surface area contributed by atoms with Crippen molar-refractivity contribution in [2.24, 2.45) is 0 Å². The number of terminal acetylenes is 2. The van der Waals surface area contributed by atoms with Crippen LogP contribution in [0.4, 0.5) is 0 Å². The highest BCUT2D eigenvalue weighted by atomic mass is 32.2. The van der Waals surface area contributed by atoms with Crippen molar-refractivity contribution in [3.8, 4) is 24.8 Å². The molecule has 0 unspecified atom stereocenters. The normalized spacial score (nSPS) is 20.0. The lowest BCUT2D eigenvalue weighted by Gasteiger charge is -2.16. The maximum Gasteiger partial charge on any atom is 0.0591 e. The highest BCUT2D eigenvalue weighted by Crippen LogP contribution is 2.28. The van der Waals surface area contributed by atoms with Crippen LogP contribution in [0, 0.1) is 24.8 Å². The van der Waals surface area contributed by atoms with E-state index in [-0.39, 0.29) is 0 Å². The molecule has 0 amide bonds. The number of allylic oxidation sites excluding steroid dienone is 4. The fourth-order valence-corrected chi connectivity index (χ4v) is 2.50. The van der Waals surface area contributed by atoms with Gasteiger partial charge in [0, 0.05) is 23.5 Å². The number of hydrogen-bond acceptors (Lipinski definition) is 3. The quantitative estimate of drug-likeness (QED) is 0.456. The highest BCUT2D eigenvalue weighted by Gasteiger charge is 2.27. The van der Waals surface area contributed by atoms with Crippen molar-refractivity contribution in [1.82, 2.24) is 10.6 Å². The van der Waals surface area contributed by atoms with Gasteiger partial charge in [-0.15, -0.1) is 18.2 Å². The molecule has 0 radical (unpaired) electrons. The molecule has 1 aliphatic rings. The van der Waals surface area contributed by atoms with Gasteiger partial charge >= 0.3 is 0 Å². The van der Waals surface area contributed by atoms with Gasteiger partial charge in [0.15, 0.2) is 0 Å². The summed E-state index contributed by atoms with van der Waals surface area (Å²) in [6, 6.07) is 3.01. The fraction of sp³-hybridized carbons (Fsp3) is 0.556. The van der Waals surface area contributed by atoms with E-state index in [2.05, 4.69) is 43.4 Å². The van der Waals surface area contributed by atoms with E-state index in [1.54, 1.807) is 0 Å². The largest absolute Gasteiger partial charge is 0.319 e. The molecule has 1 saturated heterocycles. The highest BCUT2D eigenvalue weighted by molar-refractivity contribution is 8.00. The Hall–Kier alpha value is -1.29. The summed E-state index contributed by atoms with van der Waals surface area (Å²) < 4.78 is 0. The van der Waals surface area contributed by atoms with Crippen LogP contribution in [0.1, 0.15) is 48.5 Å². The van der Waals surface area contributed by atoms with Crippen LogP contribution in [0.25, 0.3) is 0 Å². The maximum atomic E-state index is 5.12. The van der Waals surface area contributed by atoms with Crippen molar-refractivity contribution in [3.63, 3.8) is 0 Å². The van der Waals surface area contributed by atoms with Crippen molar-refractivity contribution in [1.29, 1.82) is 0 Å². The van der Waals surface area contributed by atoms with Gasteiger partial charge in [0.05, 0.1) is 4.87 Å². The van der Waals surface area contributed by atoms with Gasteiger partial charge in [-0.2, -0.15) is 0 Å². The van der Waals surface area contributed by atoms with Crippen LogP contribution in [-0.4, -0.2) is 16.7 Å². The first-order valence-electron chi connectivity index (χ1n) is 7.26. The monoisotopic (exact) mass is 306 g/mol. The molecule has 118 valence electrons. The van der Waals surface area contributed by atoms with Gasteiger partial charge in [-0.3, -0.25) is 5.32 Å². The van der Waals surface area contributed by atoms with Crippen LogP contribution in [0.3, 0.4) is 0 Å². The Labute approximate surface area is 136 Å². The summed E-state index contributed by atoms with van der Waals surface area (Å²) in [5.41, 5.74) is 1.78. The number of hydrogen-bond donors (Lipinski definition) is 2. The molecule has 0 bridgehead atoms. The third-order valence-electron chi connectivity index (χ3n) is 2.37. The first-order chi connectivity index (χ1) is 9.80. The summed E-state index contributed by atoms with van der Waals surface area (Å²) in [5.74, 6) is 3.76. The first-order valence-corrected chi connectivity index (χ1v) is 8.24. The lowest BCUT2D eigenvalue weighted by atomic mass is 10.3. The third kappa shape index (κ3) is 13.4. The van der Waals surface area contributed by atoms with Crippen molar-refractivity contribution < 1.29 is 0 Å². The molecule has 21 heavy (non-hydrogen) atoms. The van der Waals surface area contributed by atoms with Gasteiger partial charge in [-0.05, 0) is 52.3 Å². The van der Waals surface area contributed by atoms with Crippen LogP contribution in [0.5, 0.6) is 0 Å². The Bertz CT molecular complexity index is 419. The molecule has 1 atom stereocenters. The van der Waals surface area contributed by atoms with Crippen LogP contribution >= 0.6 is 11.8 Å². The second kappa shape index (κ2) is 12.5. The van der Waals surface area contributed by atoms with Gasteiger partial charge < -0.3 is 5.32 Å². The zero-order valence-electron chi connectivity index (χ0n) is 14.5. The molecular weight excluding hydrogens is 276 g/mol. The Morgan fingerprint density at radius 1 is 1.29 bits per heavy atom. The molecule has 1 aliphatic heterocycles.